The number of rotatable bonds is 2. The predicted octanol–water partition coefficient (Wildman–Crippen LogP) is 2.06. The first-order valence-corrected chi connectivity index (χ1v) is 8.58. The number of likely N-dealkylation sites (tertiary alicyclic amines) is 1. The van der Waals surface area contributed by atoms with Crippen molar-refractivity contribution in [3.63, 3.8) is 0 Å². The maximum absolute atomic E-state index is 12.7. The number of hydrogen-bond donors (Lipinski definition) is 1. The van der Waals surface area contributed by atoms with Crippen LogP contribution in [0.1, 0.15) is 24.8 Å². The molecule has 0 radical (unpaired) electrons. The third-order valence-corrected chi connectivity index (χ3v) is 5.78. The molecule has 126 valence electrons. The van der Waals surface area contributed by atoms with Crippen LogP contribution in [0.25, 0.3) is 0 Å². The molecule has 2 heterocycles. The third-order valence-electron chi connectivity index (χ3n) is 5.78. The smallest absolute Gasteiger partial charge is 0.241 e. The van der Waals surface area contributed by atoms with Crippen LogP contribution in [-0.4, -0.2) is 43.0 Å². The number of anilines is 1. The Morgan fingerprint density at radius 3 is 2.87 bits per heavy atom. The third kappa shape index (κ3) is 3.12. The second kappa shape index (κ2) is 6.80. The van der Waals surface area contributed by atoms with Gasteiger partial charge in [0.2, 0.25) is 5.91 Å². The molecule has 4 rings (SSSR count). The Balaban J connectivity index is 0.00000156. The number of nitrogens with zero attached hydrogens (tertiary/aromatic N) is 2. The first-order valence-electron chi connectivity index (χ1n) is 8.58. The van der Waals surface area contributed by atoms with Gasteiger partial charge < -0.3 is 10.6 Å². The van der Waals surface area contributed by atoms with E-state index < -0.39 is 0 Å². The molecule has 1 aromatic carbocycles. The van der Waals surface area contributed by atoms with E-state index in [-0.39, 0.29) is 18.3 Å². The van der Waals surface area contributed by atoms with Gasteiger partial charge in [-0.2, -0.15) is 0 Å². The molecule has 3 unspecified atom stereocenters. The lowest BCUT2D eigenvalue weighted by molar-refractivity contribution is -0.119. The van der Waals surface area contributed by atoms with Gasteiger partial charge in [-0.25, -0.2) is 0 Å². The highest BCUT2D eigenvalue weighted by Crippen LogP contribution is 2.35. The lowest BCUT2D eigenvalue weighted by atomic mass is 9.78. The molecule has 1 aromatic rings. The summed E-state index contributed by atoms with van der Waals surface area (Å²) in [6, 6.07) is 8.62. The van der Waals surface area contributed by atoms with Crippen molar-refractivity contribution >= 4 is 24.0 Å². The number of halogens is 1. The van der Waals surface area contributed by atoms with E-state index in [0.717, 1.165) is 38.2 Å². The minimum Gasteiger partial charge on any atom is -0.327 e. The normalized spacial score (nSPS) is 29.8. The Morgan fingerprint density at radius 2 is 2.04 bits per heavy atom. The van der Waals surface area contributed by atoms with Crippen LogP contribution in [0.15, 0.2) is 24.3 Å². The molecule has 2 fully saturated rings. The van der Waals surface area contributed by atoms with Crippen LogP contribution in [0.5, 0.6) is 0 Å². The van der Waals surface area contributed by atoms with Gasteiger partial charge in [0.1, 0.15) is 0 Å². The Hall–Kier alpha value is -1.10. The van der Waals surface area contributed by atoms with Gasteiger partial charge in [0.15, 0.2) is 0 Å². The zero-order valence-electron chi connectivity index (χ0n) is 13.5. The zero-order chi connectivity index (χ0) is 15.1. The number of benzene rings is 1. The Labute approximate surface area is 144 Å². The maximum Gasteiger partial charge on any atom is 0.241 e. The van der Waals surface area contributed by atoms with E-state index in [1.165, 1.54) is 18.4 Å². The lowest BCUT2D eigenvalue weighted by Gasteiger charge is -2.29. The van der Waals surface area contributed by atoms with Crippen LogP contribution in [-0.2, 0) is 11.2 Å². The largest absolute Gasteiger partial charge is 0.327 e. The number of carbonyl (C=O) groups excluding carboxylic acids is 1. The van der Waals surface area contributed by atoms with Gasteiger partial charge in [0, 0.05) is 31.4 Å². The van der Waals surface area contributed by atoms with E-state index in [1.807, 2.05) is 11.0 Å². The van der Waals surface area contributed by atoms with E-state index in [0.29, 0.717) is 24.4 Å². The number of amides is 1. The molecular weight excluding hydrogens is 310 g/mol. The SMILES string of the molecule is Cl.NC1CCCC2CN(CC(=O)N3CCc4ccccc43)CC12. The predicted molar refractivity (Wildman–Crippen MR) is 95.0 cm³/mol. The fourth-order valence-electron chi connectivity index (χ4n) is 4.61. The Kier molecular flexibility index (Phi) is 4.95. The van der Waals surface area contributed by atoms with Gasteiger partial charge in [-0.3, -0.25) is 9.69 Å². The molecular formula is C18H26ClN3O. The van der Waals surface area contributed by atoms with E-state index in [9.17, 15) is 4.79 Å². The maximum atomic E-state index is 12.7. The molecule has 2 N–H and O–H groups in total. The summed E-state index contributed by atoms with van der Waals surface area (Å²) in [6.45, 7) is 3.44. The number of nitrogens with two attached hydrogens (primary N) is 1. The van der Waals surface area contributed by atoms with Crippen molar-refractivity contribution in [2.75, 3.05) is 31.1 Å². The molecule has 1 saturated heterocycles. The minimum atomic E-state index is 0. The zero-order valence-corrected chi connectivity index (χ0v) is 14.3. The van der Waals surface area contributed by atoms with Crippen molar-refractivity contribution in [3.8, 4) is 0 Å². The van der Waals surface area contributed by atoms with Gasteiger partial charge in [-0.15, -0.1) is 12.4 Å². The van der Waals surface area contributed by atoms with Crippen molar-refractivity contribution in [2.24, 2.45) is 17.6 Å². The standard InChI is InChI=1S/C18H25N3O.ClH/c19-16-6-3-5-14-10-20(11-15(14)16)12-18(22)21-9-8-13-4-1-2-7-17(13)21;/h1-2,4,7,14-16H,3,5-6,8-12,19H2;1H. The van der Waals surface area contributed by atoms with Crippen molar-refractivity contribution in [1.29, 1.82) is 0 Å². The molecule has 1 aliphatic carbocycles. The molecule has 3 atom stereocenters. The van der Waals surface area contributed by atoms with Crippen LogP contribution < -0.4 is 10.6 Å². The monoisotopic (exact) mass is 335 g/mol. The van der Waals surface area contributed by atoms with Gasteiger partial charge in [0.25, 0.3) is 0 Å². The van der Waals surface area contributed by atoms with Crippen LogP contribution in [0.2, 0.25) is 0 Å². The summed E-state index contributed by atoms with van der Waals surface area (Å²) in [6.07, 6.45) is 4.68. The van der Waals surface area contributed by atoms with Crippen molar-refractivity contribution in [2.45, 2.75) is 31.7 Å². The molecule has 0 aromatic heterocycles. The fourth-order valence-corrected chi connectivity index (χ4v) is 4.61. The summed E-state index contributed by atoms with van der Waals surface area (Å²) in [5.41, 5.74) is 8.69. The highest BCUT2D eigenvalue weighted by Gasteiger charge is 2.39. The summed E-state index contributed by atoms with van der Waals surface area (Å²) in [4.78, 5) is 17.0. The van der Waals surface area contributed by atoms with E-state index >= 15 is 0 Å². The first kappa shape index (κ1) is 16.7. The molecule has 2 aliphatic heterocycles. The molecule has 23 heavy (non-hydrogen) atoms. The molecule has 3 aliphatic rings. The Morgan fingerprint density at radius 1 is 1.22 bits per heavy atom. The van der Waals surface area contributed by atoms with Gasteiger partial charge in [0.05, 0.1) is 6.54 Å². The Bertz CT molecular complexity index is 579. The first-order chi connectivity index (χ1) is 10.7. The topological polar surface area (TPSA) is 49.6 Å². The molecule has 1 amide bonds. The molecule has 0 spiro atoms. The quantitative estimate of drug-likeness (QED) is 0.900. The molecule has 5 heteroatoms. The molecule has 1 saturated carbocycles. The van der Waals surface area contributed by atoms with Crippen LogP contribution >= 0.6 is 12.4 Å². The summed E-state index contributed by atoms with van der Waals surface area (Å²) in [5.74, 6) is 1.56. The van der Waals surface area contributed by atoms with E-state index in [1.54, 1.807) is 0 Å². The van der Waals surface area contributed by atoms with Crippen LogP contribution in [0.4, 0.5) is 5.69 Å². The van der Waals surface area contributed by atoms with Gasteiger partial charge in [-0.1, -0.05) is 24.6 Å². The van der Waals surface area contributed by atoms with E-state index in [2.05, 4.69) is 23.1 Å². The number of para-hydroxylation sites is 1. The molecule has 4 nitrogen and oxygen atoms in total. The number of carbonyl (C=O) groups is 1. The summed E-state index contributed by atoms with van der Waals surface area (Å²) >= 11 is 0. The van der Waals surface area contributed by atoms with Gasteiger partial charge >= 0.3 is 0 Å². The fraction of sp³-hybridized carbons (Fsp3) is 0.611. The van der Waals surface area contributed by atoms with Crippen molar-refractivity contribution in [3.05, 3.63) is 29.8 Å². The molecule has 0 bridgehead atoms. The lowest BCUT2D eigenvalue weighted by Crippen LogP contribution is -2.40. The second-order valence-corrected chi connectivity index (χ2v) is 7.14. The second-order valence-electron chi connectivity index (χ2n) is 7.14. The van der Waals surface area contributed by atoms with Crippen molar-refractivity contribution in [1.82, 2.24) is 4.90 Å². The average molecular weight is 336 g/mol. The highest BCUT2D eigenvalue weighted by molar-refractivity contribution is 5.96. The van der Waals surface area contributed by atoms with Crippen LogP contribution in [0, 0.1) is 11.8 Å². The average Bonchev–Trinajstić information content (AvgIpc) is 3.11. The highest BCUT2D eigenvalue weighted by atomic mass is 35.5. The van der Waals surface area contributed by atoms with Crippen LogP contribution in [0.3, 0.4) is 0 Å². The van der Waals surface area contributed by atoms with Gasteiger partial charge in [-0.05, 0) is 42.7 Å². The summed E-state index contributed by atoms with van der Waals surface area (Å²) < 4.78 is 0. The van der Waals surface area contributed by atoms with E-state index in [4.69, 9.17) is 5.73 Å². The summed E-state index contributed by atoms with van der Waals surface area (Å²) in [7, 11) is 0. The minimum absolute atomic E-state index is 0. The van der Waals surface area contributed by atoms with Crippen molar-refractivity contribution < 1.29 is 4.79 Å². The summed E-state index contributed by atoms with van der Waals surface area (Å²) in [5, 5.41) is 0. The number of hydrogen-bond acceptors (Lipinski definition) is 3. The number of fused-ring (bicyclic) bond motifs is 2.